The molecule has 1 heterocycles. The number of hydrazine groups is 1. The van der Waals surface area contributed by atoms with Crippen LogP contribution in [0.2, 0.25) is 5.02 Å². The summed E-state index contributed by atoms with van der Waals surface area (Å²) in [5.41, 5.74) is 2.27. The highest BCUT2D eigenvalue weighted by atomic mass is 35.5. The third kappa shape index (κ3) is 4.47. The number of nitrogens with one attached hydrogen (secondary N) is 2. The lowest BCUT2D eigenvalue weighted by Gasteiger charge is -2.07. The fraction of sp³-hybridized carbons (Fsp3) is 0.333. The molecule has 0 bridgehead atoms. The molecular weight excluding hydrogens is 280 g/mol. The van der Waals surface area contributed by atoms with Crippen molar-refractivity contribution in [3.05, 3.63) is 22.8 Å². The molecule has 1 rings (SSSR count). The quantitative estimate of drug-likeness (QED) is 0.511. The minimum atomic E-state index is -3.13. The summed E-state index contributed by atoms with van der Waals surface area (Å²) in [5, 5.41) is 2.57. The van der Waals surface area contributed by atoms with Crippen molar-refractivity contribution in [1.82, 2.24) is 10.3 Å². The third-order valence-electron chi connectivity index (χ3n) is 1.97. The molecule has 0 fully saturated rings. The second-order valence-electron chi connectivity index (χ2n) is 3.56. The molecule has 0 saturated carbocycles. The van der Waals surface area contributed by atoms with Gasteiger partial charge in [-0.15, -0.1) is 0 Å². The van der Waals surface area contributed by atoms with Crippen molar-refractivity contribution in [3.63, 3.8) is 0 Å². The van der Waals surface area contributed by atoms with Crippen LogP contribution in [0.4, 0.5) is 5.82 Å². The lowest BCUT2D eigenvalue weighted by Crippen LogP contribution is -2.30. The normalized spacial score (nSPS) is 11.1. The molecule has 0 saturated heterocycles. The van der Waals surface area contributed by atoms with Crippen LogP contribution in [-0.2, 0) is 9.84 Å². The molecule has 7 nitrogen and oxygen atoms in total. The number of hydrogen-bond donors (Lipinski definition) is 3. The van der Waals surface area contributed by atoms with E-state index >= 15 is 0 Å². The van der Waals surface area contributed by atoms with Gasteiger partial charge in [0.05, 0.1) is 10.8 Å². The van der Waals surface area contributed by atoms with Gasteiger partial charge in [0.1, 0.15) is 21.3 Å². The van der Waals surface area contributed by atoms with Crippen molar-refractivity contribution in [3.8, 4) is 0 Å². The zero-order chi connectivity index (χ0) is 13.8. The highest BCUT2D eigenvalue weighted by Crippen LogP contribution is 2.15. The van der Waals surface area contributed by atoms with E-state index in [4.69, 9.17) is 17.4 Å². The number of amides is 1. The predicted octanol–water partition coefficient (Wildman–Crippen LogP) is -0.205. The van der Waals surface area contributed by atoms with Crippen molar-refractivity contribution in [1.29, 1.82) is 0 Å². The van der Waals surface area contributed by atoms with E-state index in [0.29, 0.717) is 0 Å². The largest absolute Gasteiger partial charge is 0.350 e. The average Bonchev–Trinajstić information content (AvgIpc) is 2.27. The topological polar surface area (TPSA) is 114 Å². The van der Waals surface area contributed by atoms with Gasteiger partial charge >= 0.3 is 0 Å². The van der Waals surface area contributed by atoms with Gasteiger partial charge in [-0.3, -0.25) is 4.79 Å². The second-order valence-corrected chi connectivity index (χ2v) is 6.22. The first kappa shape index (κ1) is 14.7. The second kappa shape index (κ2) is 5.98. The summed E-state index contributed by atoms with van der Waals surface area (Å²) in [4.78, 5) is 15.6. The highest BCUT2D eigenvalue weighted by molar-refractivity contribution is 7.90. The van der Waals surface area contributed by atoms with Crippen molar-refractivity contribution in [2.75, 3.05) is 24.0 Å². The minimum Gasteiger partial charge on any atom is -0.350 e. The Hall–Kier alpha value is -1.38. The average molecular weight is 293 g/mol. The van der Waals surface area contributed by atoms with Crippen LogP contribution in [-0.4, -0.2) is 37.9 Å². The highest BCUT2D eigenvalue weighted by Gasteiger charge is 2.13. The molecule has 0 unspecified atom stereocenters. The molecular formula is C9H13ClN4O3S. The number of aromatic nitrogens is 1. The fourth-order valence-corrected chi connectivity index (χ4v) is 1.78. The van der Waals surface area contributed by atoms with Crippen LogP contribution in [0.25, 0.3) is 0 Å². The zero-order valence-electron chi connectivity index (χ0n) is 9.60. The monoisotopic (exact) mass is 292 g/mol. The number of hydrogen-bond acceptors (Lipinski definition) is 6. The molecule has 0 aliphatic carbocycles. The summed E-state index contributed by atoms with van der Waals surface area (Å²) in [5.74, 6) is 4.74. The lowest BCUT2D eigenvalue weighted by atomic mass is 10.3. The maximum atomic E-state index is 11.7. The van der Waals surface area contributed by atoms with Crippen LogP contribution >= 0.6 is 11.6 Å². The molecule has 18 heavy (non-hydrogen) atoms. The number of carbonyl (C=O) groups excluding carboxylic acids is 1. The smallest absolute Gasteiger partial charge is 0.271 e. The zero-order valence-corrected chi connectivity index (χ0v) is 11.2. The number of sulfone groups is 1. The van der Waals surface area contributed by atoms with E-state index in [1.807, 2.05) is 0 Å². The van der Waals surface area contributed by atoms with E-state index in [0.717, 1.165) is 6.26 Å². The fourth-order valence-electron chi connectivity index (χ4n) is 1.12. The maximum absolute atomic E-state index is 11.7. The molecule has 1 amide bonds. The third-order valence-corrected chi connectivity index (χ3v) is 3.22. The summed E-state index contributed by atoms with van der Waals surface area (Å²) >= 11 is 5.81. The van der Waals surface area contributed by atoms with Gasteiger partial charge in [-0.2, -0.15) is 0 Å². The molecule has 4 N–H and O–H groups in total. The predicted molar refractivity (Wildman–Crippen MR) is 69.1 cm³/mol. The van der Waals surface area contributed by atoms with Gasteiger partial charge < -0.3 is 10.7 Å². The number of carbonyl (C=O) groups is 1. The molecule has 0 spiro atoms. The number of rotatable bonds is 5. The molecule has 1 aromatic heterocycles. The van der Waals surface area contributed by atoms with Gasteiger partial charge in [0.15, 0.2) is 0 Å². The van der Waals surface area contributed by atoms with E-state index in [-0.39, 0.29) is 28.8 Å². The van der Waals surface area contributed by atoms with Gasteiger partial charge in [0.2, 0.25) is 0 Å². The van der Waals surface area contributed by atoms with E-state index in [9.17, 15) is 13.2 Å². The summed E-state index contributed by atoms with van der Waals surface area (Å²) in [6, 6.07) is 2.98. The number of nitrogens with zero attached hydrogens (tertiary/aromatic N) is 1. The van der Waals surface area contributed by atoms with Crippen LogP contribution in [0.3, 0.4) is 0 Å². The van der Waals surface area contributed by atoms with Crippen LogP contribution in [0, 0.1) is 0 Å². The van der Waals surface area contributed by atoms with Crippen LogP contribution in [0.1, 0.15) is 10.5 Å². The summed E-state index contributed by atoms with van der Waals surface area (Å²) < 4.78 is 21.8. The number of nitrogens with two attached hydrogens (primary N) is 1. The van der Waals surface area contributed by atoms with Crippen LogP contribution < -0.4 is 16.6 Å². The van der Waals surface area contributed by atoms with E-state index in [2.05, 4.69) is 15.7 Å². The first-order valence-corrected chi connectivity index (χ1v) is 7.36. The van der Waals surface area contributed by atoms with Gasteiger partial charge in [-0.25, -0.2) is 19.2 Å². The van der Waals surface area contributed by atoms with Crippen LogP contribution in [0.5, 0.6) is 0 Å². The molecule has 1 aromatic rings. The van der Waals surface area contributed by atoms with Gasteiger partial charge in [0, 0.05) is 12.8 Å². The van der Waals surface area contributed by atoms with Gasteiger partial charge in [-0.1, -0.05) is 11.6 Å². The molecule has 0 atom stereocenters. The molecule has 0 radical (unpaired) electrons. The number of halogens is 1. The van der Waals surface area contributed by atoms with Gasteiger partial charge in [-0.05, 0) is 12.1 Å². The Morgan fingerprint density at radius 3 is 2.72 bits per heavy atom. The lowest BCUT2D eigenvalue weighted by molar-refractivity contribution is 0.0951. The van der Waals surface area contributed by atoms with Crippen molar-refractivity contribution in [2.45, 2.75) is 0 Å². The Labute approximate surface area is 110 Å². The van der Waals surface area contributed by atoms with Crippen molar-refractivity contribution in [2.24, 2.45) is 5.84 Å². The first-order chi connectivity index (χ1) is 8.33. The van der Waals surface area contributed by atoms with E-state index in [1.54, 1.807) is 0 Å². The first-order valence-electron chi connectivity index (χ1n) is 4.92. The van der Waals surface area contributed by atoms with Gasteiger partial charge in [0.25, 0.3) is 5.91 Å². The van der Waals surface area contributed by atoms with E-state index in [1.165, 1.54) is 12.1 Å². The molecule has 0 aliphatic rings. The molecule has 100 valence electrons. The number of nitrogen functional groups attached to an aromatic ring is 1. The Kier molecular flexibility index (Phi) is 4.88. The SMILES string of the molecule is CS(=O)(=O)CCNC(=O)c1nc(NN)ccc1Cl. The Morgan fingerprint density at radius 1 is 1.50 bits per heavy atom. The standard InChI is InChI=1S/C9H13ClN4O3S/c1-18(16,17)5-4-12-9(15)8-6(10)2-3-7(13-8)14-11/h2-3H,4-5,11H2,1H3,(H,12,15)(H,13,14). The van der Waals surface area contributed by atoms with Crippen LogP contribution in [0.15, 0.2) is 12.1 Å². The van der Waals surface area contributed by atoms with Crippen molar-refractivity contribution < 1.29 is 13.2 Å². The van der Waals surface area contributed by atoms with Crippen molar-refractivity contribution >= 4 is 33.2 Å². The molecule has 9 heteroatoms. The number of anilines is 1. The molecule has 0 aromatic carbocycles. The summed E-state index contributed by atoms with van der Waals surface area (Å²) in [6.07, 6.45) is 1.09. The Bertz CT molecular complexity index is 547. The number of pyridine rings is 1. The Balaban J connectivity index is 2.72. The molecule has 0 aliphatic heterocycles. The summed E-state index contributed by atoms with van der Waals surface area (Å²) in [6.45, 7) is -0.00401. The minimum absolute atomic E-state index is 0.00401. The van der Waals surface area contributed by atoms with E-state index < -0.39 is 15.7 Å². The Morgan fingerprint density at radius 2 is 2.17 bits per heavy atom. The summed E-state index contributed by atoms with van der Waals surface area (Å²) in [7, 11) is -3.13. The maximum Gasteiger partial charge on any atom is 0.271 e.